The van der Waals surface area contributed by atoms with Gasteiger partial charge in [0.1, 0.15) is 0 Å². The summed E-state index contributed by atoms with van der Waals surface area (Å²) in [6.07, 6.45) is 3.40. The van der Waals surface area contributed by atoms with Gasteiger partial charge in [0.15, 0.2) is 11.5 Å². The van der Waals surface area contributed by atoms with Gasteiger partial charge in [0.25, 0.3) is 0 Å². The fraction of sp³-hybridized carbons (Fsp3) is 0.318. The van der Waals surface area contributed by atoms with Crippen LogP contribution in [0, 0.1) is 13.8 Å². The van der Waals surface area contributed by atoms with Gasteiger partial charge < -0.3 is 19.1 Å². The maximum Gasteiger partial charge on any atom is 0.246 e. The second-order valence-electron chi connectivity index (χ2n) is 6.51. The summed E-state index contributed by atoms with van der Waals surface area (Å²) in [6.45, 7) is 4.52. The fourth-order valence-electron chi connectivity index (χ4n) is 2.81. The summed E-state index contributed by atoms with van der Waals surface area (Å²) in [5.74, 6) is 1.56. The molecule has 0 aliphatic carbocycles. The number of likely N-dealkylation sites (N-methyl/N-ethyl adjacent to an activating group) is 1. The number of hydrogen-bond acceptors (Lipinski definition) is 4. The van der Waals surface area contributed by atoms with Crippen molar-refractivity contribution in [2.75, 3.05) is 28.4 Å². The smallest absolute Gasteiger partial charge is 0.246 e. The highest BCUT2D eigenvalue weighted by Crippen LogP contribution is 2.38. The van der Waals surface area contributed by atoms with Gasteiger partial charge in [0.05, 0.1) is 21.3 Å². The van der Waals surface area contributed by atoms with Crippen LogP contribution in [0.15, 0.2) is 34.8 Å². The predicted molar refractivity (Wildman–Crippen MR) is 115 cm³/mol. The molecule has 0 aliphatic rings. The van der Waals surface area contributed by atoms with Gasteiger partial charge in [-0.1, -0.05) is 22.0 Å². The molecule has 0 spiro atoms. The van der Waals surface area contributed by atoms with E-state index in [0.29, 0.717) is 23.8 Å². The number of amides is 1. The van der Waals surface area contributed by atoms with E-state index in [1.807, 2.05) is 24.3 Å². The normalized spacial score (nSPS) is 10.8. The lowest BCUT2D eigenvalue weighted by molar-refractivity contribution is -0.125. The van der Waals surface area contributed by atoms with Gasteiger partial charge in [0, 0.05) is 24.1 Å². The second-order valence-corrected chi connectivity index (χ2v) is 7.36. The molecule has 0 N–H and O–H groups in total. The molecule has 0 saturated heterocycles. The van der Waals surface area contributed by atoms with Crippen LogP contribution >= 0.6 is 15.9 Å². The van der Waals surface area contributed by atoms with E-state index in [0.717, 1.165) is 15.6 Å². The number of nitrogens with zero attached hydrogens (tertiary/aromatic N) is 1. The van der Waals surface area contributed by atoms with Crippen LogP contribution in [-0.2, 0) is 11.3 Å². The first-order valence-electron chi connectivity index (χ1n) is 8.79. The molecule has 0 aromatic heterocycles. The summed E-state index contributed by atoms with van der Waals surface area (Å²) in [5.41, 5.74) is 4.23. The molecule has 5 nitrogen and oxygen atoms in total. The fourth-order valence-corrected chi connectivity index (χ4v) is 3.39. The molecule has 1 amide bonds. The third-order valence-electron chi connectivity index (χ3n) is 4.57. The third kappa shape index (κ3) is 5.07. The van der Waals surface area contributed by atoms with Crippen LogP contribution in [0.4, 0.5) is 0 Å². The summed E-state index contributed by atoms with van der Waals surface area (Å²) >= 11 is 3.55. The van der Waals surface area contributed by atoms with Crippen molar-refractivity contribution in [1.82, 2.24) is 4.90 Å². The number of carbonyl (C=O) groups excluding carboxylic acids is 1. The van der Waals surface area contributed by atoms with Crippen LogP contribution in [0.3, 0.4) is 0 Å². The Bertz CT molecular complexity index is 844. The summed E-state index contributed by atoms with van der Waals surface area (Å²) in [6, 6.07) is 7.75. The standard InChI is InChI=1S/C22H26BrNO4/c1-14-9-16(10-18(23)15(14)2)7-8-21(25)24(3)13-17-11-19(26-4)22(28-6)20(12-17)27-5/h7-12H,13H2,1-6H3/b8-7+. The zero-order valence-corrected chi connectivity index (χ0v) is 18.7. The summed E-state index contributed by atoms with van der Waals surface area (Å²) < 4.78 is 17.1. The first-order valence-corrected chi connectivity index (χ1v) is 9.58. The van der Waals surface area contributed by atoms with E-state index in [-0.39, 0.29) is 5.91 Å². The Labute approximate surface area is 175 Å². The molecular weight excluding hydrogens is 422 g/mol. The molecule has 0 fully saturated rings. The zero-order valence-electron chi connectivity index (χ0n) is 17.1. The van der Waals surface area contributed by atoms with Gasteiger partial charge in [-0.15, -0.1) is 0 Å². The van der Waals surface area contributed by atoms with E-state index in [2.05, 4.69) is 35.8 Å². The van der Waals surface area contributed by atoms with Crippen molar-refractivity contribution < 1.29 is 19.0 Å². The number of halogens is 1. The van der Waals surface area contributed by atoms with E-state index in [1.165, 1.54) is 11.1 Å². The number of methoxy groups -OCH3 is 3. The van der Waals surface area contributed by atoms with Crippen LogP contribution in [0.2, 0.25) is 0 Å². The lowest BCUT2D eigenvalue weighted by Gasteiger charge is -2.18. The SMILES string of the molecule is COc1cc(CN(C)C(=O)/C=C/c2cc(C)c(C)c(Br)c2)cc(OC)c1OC. The highest BCUT2D eigenvalue weighted by Gasteiger charge is 2.15. The van der Waals surface area contributed by atoms with Crippen molar-refractivity contribution in [3.05, 3.63) is 57.1 Å². The van der Waals surface area contributed by atoms with E-state index >= 15 is 0 Å². The molecule has 0 heterocycles. The number of ether oxygens (including phenoxy) is 3. The van der Waals surface area contributed by atoms with Crippen molar-refractivity contribution in [2.24, 2.45) is 0 Å². The first kappa shape index (κ1) is 21.8. The van der Waals surface area contributed by atoms with Crippen molar-refractivity contribution in [2.45, 2.75) is 20.4 Å². The maximum absolute atomic E-state index is 12.5. The van der Waals surface area contributed by atoms with Gasteiger partial charge in [-0.2, -0.15) is 0 Å². The topological polar surface area (TPSA) is 48.0 Å². The molecular formula is C22H26BrNO4. The van der Waals surface area contributed by atoms with Gasteiger partial charge in [-0.05, 0) is 60.4 Å². The minimum atomic E-state index is -0.0943. The Morgan fingerprint density at radius 3 is 2.14 bits per heavy atom. The average Bonchev–Trinajstić information content (AvgIpc) is 2.68. The van der Waals surface area contributed by atoms with Crippen LogP contribution in [0.5, 0.6) is 17.2 Å². The van der Waals surface area contributed by atoms with Gasteiger partial charge in [0.2, 0.25) is 11.7 Å². The van der Waals surface area contributed by atoms with Gasteiger partial charge in [-0.3, -0.25) is 4.79 Å². The predicted octanol–water partition coefficient (Wildman–Crippen LogP) is 4.76. The van der Waals surface area contributed by atoms with Crippen molar-refractivity contribution >= 4 is 27.9 Å². The molecule has 2 aromatic rings. The van der Waals surface area contributed by atoms with Crippen molar-refractivity contribution in [3.63, 3.8) is 0 Å². The molecule has 150 valence electrons. The highest BCUT2D eigenvalue weighted by molar-refractivity contribution is 9.10. The van der Waals surface area contributed by atoms with Gasteiger partial charge >= 0.3 is 0 Å². The Balaban J connectivity index is 2.16. The molecule has 0 bridgehead atoms. The largest absolute Gasteiger partial charge is 0.493 e. The monoisotopic (exact) mass is 447 g/mol. The maximum atomic E-state index is 12.5. The van der Waals surface area contributed by atoms with E-state index < -0.39 is 0 Å². The van der Waals surface area contributed by atoms with E-state index in [9.17, 15) is 4.79 Å². The van der Waals surface area contributed by atoms with E-state index in [4.69, 9.17) is 14.2 Å². The number of carbonyl (C=O) groups is 1. The molecule has 28 heavy (non-hydrogen) atoms. The molecule has 0 radical (unpaired) electrons. The minimum Gasteiger partial charge on any atom is -0.493 e. The van der Waals surface area contributed by atoms with Crippen LogP contribution in [-0.4, -0.2) is 39.2 Å². The Kier molecular flexibility index (Phi) is 7.52. The number of aryl methyl sites for hydroxylation is 1. The molecule has 0 aliphatic heterocycles. The Morgan fingerprint density at radius 1 is 1.04 bits per heavy atom. The molecule has 0 saturated carbocycles. The quantitative estimate of drug-likeness (QED) is 0.573. The third-order valence-corrected chi connectivity index (χ3v) is 5.39. The second kappa shape index (κ2) is 9.64. The first-order chi connectivity index (χ1) is 13.3. The number of hydrogen-bond donors (Lipinski definition) is 0. The lowest BCUT2D eigenvalue weighted by Crippen LogP contribution is -2.24. The zero-order chi connectivity index (χ0) is 20.8. The van der Waals surface area contributed by atoms with Crippen LogP contribution in [0.25, 0.3) is 6.08 Å². The molecule has 2 rings (SSSR count). The Hall–Kier alpha value is -2.47. The van der Waals surface area contributed by atoms with E-state index in [1.54, 1.807) is 39.4 Å². The average molecular weight is 448 g/mol. The molecule has 0 atom stereocenters. The molecule has 0 unspecified atom stereocenters. The number of benzene rings is 2. The van der Waals surface area contributed by atoms with Crippen LogP contribution < -0.4 is 14.2 Å². The lowest BCUT2D eigenvalue weighted by atomic mass is 10.1. The van der Waals surface area contributed by atoms with Crippen molar-refractivity contribution in [3.8, 4) is 17.2 Å². The minimum absolute atomic E-state index is 0.0943. The van der Waals surface area contributed by atoms with Gasteiger partial charge in [-0.25, -0.2) is 0 Å². The summed E-state index contributed by atoms with van der Waals surface area (Å²) in [7, 11) is 6.46. The number of rotatable bonds is 7. The van der Waals surface area contributed by atoms with Crippen LogP contribution in [0.1, 0.15) is 22.3 Å². The highest BCUT2D eigenvalue weighted by atomic mass is 79.9. The summed E-state index contributed by atoms with van der Waals surface area (Å²) in [4.78, 5) is 14.2. The molecule has 6 heteroatoms. The summed E-state index contributed by atoms with van der Waals surface area (Å²) in [5, 5.41) is 0. The molecule has 2 aromatic carbocycles. The van der Waals surface area contributed by atoms with Crippen molar-refractivity contribution in [1.29, 1.82) is 0 Å². The Morgan fingerprint density at radius 2 is 1.64 bits per heavy atom.